The maximum Gasteiger partial charge on any atom is 0.0991 e. The molecule has 0 spiro atoms. The number of nitriles is 1. The third-order valence-corrected chi connectivity index (χ3v) is 4.23. The number of thioether (sulfide) groups is 1. The molecule has 0 heterocycles. The van der Waals surface area contributed by atoms with Crippen LogP contribution in [0.25, 0.3) is 0 Å². The fourth-order valence-corrected chi connectivity index (χ4v) is 2.62. The monoisotopic (exact) mass is 329 g/mol. The van der Waals surface area contributed by atoms with Gasteiger partial charge in [-0.25, -0.2) is 0 Å². The lowest BCUT2D eigenvalue weighted by molar-refractivity contribution is 0.147. The fraction of sp³-hybridized carbons (Fsp3) is 0.167. The average molecular weight is 330 g/mol. The predicted octanol–water partition coefficient (Wildman–Crippen LogP) is 5.18. The van der Waals surface area contributed by atoms with E-state index < -0.39 is 0 Å². The predicted molar refractivity (Wildman–Crippen MR) is 92.7 cm³/mol. The van der Waals surface area contributed by atoms with Gasteiger partial charge in [-0.2, -0.15) is 5.26 Å². The molecule has 0 fully saturated rings. The van der Waals surface area contributed by atoms with Gasteiger partial charge in [-0.05, 0) is 35.4 Å². The summed E-state index contributed by atoms with van der Waals surface area (Å²) in [7, 11) is 0. The minimum Gasteiger partial charge on any atom is -0.372 e. The first-order valence-electron chi connectivity index (χ1n) is 6.79. The van der Waals surface area contributed by atoms with E-state index in [9.17, 15) is 0 Å². The molecule has 0 atom stereocenters. The number of benzene rings is 2. The van der Waals surface area contributed by atoms with Crippen molar-refractivity contribution in [3.05, 3.63) is 81.7 Å². The Morgan fingerprint density at radius 3 is 2.36 bits per heavy atom. The highest BCUT2D eigenvalue weighted by Crippen LogP contribution is 2.21. The summed E-state index contributed by atoms with van der Waals surface area (Å²) in [5.74, 6) is 0.828. The van der Waals surface area contributed by atoms with Gasteiger partial charge in [-0.1, -0.05) is 42.4 Å². The van der Waals surface area contributed by atoms with E-state index in [1.54, 1.807) is 11.8 Å². The molecular formula is C18H16ClNOS. The maximum atomic E-state index is 8.76. The summed E-state index contributed by atoms with van der Waals surface area (Å²) in [6, 6.07) is 17.3. The van der Waals surface area contributed by atoms with Crippen molar-refractivity contribution in [2.45, 2.75) is 12.4 Å². The van der Waals surface area contributed by atoms with Crippen LogP contribution in [0, 0.1) is 11.3 Å². The normalized spacial score (nSPS) is 10.2. The second-order valence-electron chi connectivity index (χ2n) is 4.76. The zero-order valence-corrected chi connectivity index (χ0v) is 13.7. The standard InChI is InChI=1S/C18H16ClNOS/c1-14(11-21-12-16-6-8-18(19)9-7-16)22-13-17-4-2-15(10-20)3-5-17/h2-9H,1,11-13H2. The molecule has 4 heteroatoms. The highest BCUT2D eigenvalue weighted by Gasteiger charge is 2.00. The van der Waals surface area contributed by atoms with E-state index in [4.69, 9.17) is 21.6 Å². The number of ether oxygens (including phenoxy) is 1. The van der Waals surface area contributed by atoms with Gasteiger partial charge in [-0.15, -0.1) is 11.8 Å². The summed E-state index contributed by atoms with van der Waals surface area (Å²) in [6.45, 7) is 5.08. The summed E-state index contributed by atoms with van der Waals surface area (Å²) in [6.07, 6.45) is 0. The molecule has 0 unspecified atom stereocenters. The Kier molecular flexibility index (Phi) is 6.54. The smallest absolute Gasteiger partial charge is 0.0991 e. The molecule has 2 rings (SSSR count). The minimum atomic E-state index is 0.517. The van der Waals surface area contributed by atoms with Gasteiger partial charge in [0.2, 0.25) is 0 Å². The number of hydrogen-bond donors (Lipinski definition) is 0. The number of halogens is 1. The van der Waals surface area contributed by atoms with Gasteiger partial charge in [0.05, 0.1) is 24.8 Å². The lowest BCUT2D eigenvalue weighted by Gasteiger charge is -2.07. The Morgan fingerprint density at radius 2 is 1.73 bits per heavy atom. The number of rotatable bonds is 7. The van der Waals surface area contributed by atoms with Gasteiger partial charge < -0.3 is 4.74 Å². The van der Waals surface area contributed by atoms with Crippen LogP contribution < -0.4 is 0 Å². The average Bonchev–Trinajstić information content (AvgIpc) is 2.55. The van der Waals surface area contributed by atoms with Gasteiger partial charge in [0, 0.05) is 15.7 Å². The van der Waals surface area contributed by atoms with Crippen LogP contribution in [-0.4, -0.2) is 6.61 Å². The summed E-state index contributed by atoms with van der Waals surface area (Å²) < 4.78 is 5.64. The molecule has 0 aromatic heterocycles. The Bertz CT molecular complexity index is 659. The maximum absolute atomic E-state index is 8.76. The molecule has 22 heavy (non-hydrogen) atoms. The first-order valence-corrected chi connectivity index (χ1v) is 8.15. The molecule has 2 nitrogen and oxygen atoms in total. The number of nitrogens with zero attached hydrogens (tertiary/aromatic N) is 1. The van der Waals surface area contributed by atoms with E-state index in [2.05, 4.69) is 12.6 Å². The van der Waals surface area contributed by atoms with Gasteiger partial charge in [0.1, 0.15) is 0 Å². The second kappa shape index (κ2) is 8.65. The van der Waals surface area contributed by atoms with E-state index in [0.717, 1.165) is 21.2 Å². The molecule has 0 radical (unpaired) electrons. The Morgan fingerprint density at radius 1 is 1.09 bits per heavy atom. The van der Waals surface area contributed by atoms with Crippen molar-refractivity contribution in [1.29, 1.82) is 5.26 Å². The minimum absolute atomic E-state index is 0.517. The third-order valence-electron chi connectivity index (χ3n) is 2.97. The summed E-state index contributed by atoms with van der Waals surface area (Å²) in [5, 5.41) is 9.49. The molecule has 0 aliphatic rings. The van der Waals surface area contributed by atoms with Crippen LogP contribution in [0.5, 0.6) is 0 Å². The Hall–Kier alpha value is -1.73. The highest BCUT2D eigenvalue weighted by molar-refractivity contribution is 8.02. The van der Waals surface area contributed by atoms with Gasteiger partial charge >= 0.3 is 0 Å². The van der Waals surface area contributed by atoms with Crippen molar-refractivity contribution in [1.82, 2.24) is 0 Å². The van der Waals surface area contributed by atoms with Crippen molar-refractivity contribution >= 4 is 23.4 Å². The molecule has 0 aliphatic carbocycles. The van der Waals surface area contributed by atoms with E-state index in [-0.39, 0.29) is 0 Å². The largest absolute Gasteiger partial charge is 0.372 e. The van der Waals surface area contributed by atoms with Gasteiger partial charge in [0.25, 0.3) is 0 Å². The van der Waals surface area contributed by atoms with Crippen molar-refractivity contribution < 1.29 is 4.74 Å². The van der Waals surface area contributed by atoms with Gasteiger partial charge in [-0.3, -0.25) is 0 Å². The van der Waals surface area contributed by atoms with E-state index in [1.807, 2.05) is 48.5 Å². The summed E-state index contributed by atoms with van der Waals surface area (Å²) >= 11 is 7.50. The van der Waals surface area contributed by atoms with Crippen molar-refractivity contribution in [3.8, 4) is 6.07 Å². The van der Waals surface area contributed by atoms with Crippen molar-refractivity contribution in [2.75, 3.05) is 6.61 Å². The molecule has 112 valence electrons. The van der Waals surface area contributed by atoms with Crippen LogP contribution in [0.3, 0.4) is 0 Å². The zero-order valence-electron chi connectivity index (χ0n) is 12.1. The molecule has 0 saturated carbocycles. The third kappa shape index (κ3) is 5.57. The van der Waals surface area contributed by atoms with E-state index in [0.29, 0.717) is 18.8 Å². The van der Waals surface area contributed by atoms with Crippen molar-refractivity contribution in [2.24, 2.45) is 0 Å². The van der Waals surface area contributed by atoms with E-state index >= 15 is 0 Å². The van der Waals surface area contributed by atoms with Crippen LogP contribution in [0.4, 0.5) is 0 Å². The van der Waals surface area contributed by atoms with Crippen LogP contribution in [-0.2, 0) is 17.1 Å². The first kappa shape index (κ1) is 16.6. The molecule has 0 N–H and O–H groups in total. The lowest BCUT2D eigenvalue weighted by atomic mass is 10.2. The fourth-order valence-electron chi connectivity index (χ4n) is 1.77. The zero-order chi connectivity index (χ0) is 15.8. The Balaban J connectivity index is 1.69. The SMILES string of the molecule is C=C(COCc1ccc(Cl)cc1)SCc1ccc(C#N)cc1. The number of hydrogen-bond acceptors (Lipinski definition) is 3. The molecule has 0 saturated heterocycles. The summed E-state index contributed by atoms with van der Waals surface area (Å²) in [4.78, 5) is 0.985. The summed E-state index contributed by atoms with van der Waals surface area (Å²) in [5.41, 5.74) is 2.94. The molecule has 0 bridgehead atoms. The van der Waals surface area contributed by atoms with Crippen molar-refractivity contribution in [3.63, 3.8) is 0 Å². The second-order valence-corrected chi connectivity index (χ2v) is 6.35. The van der Waals surface area contributed by atoms with Crippen LogP contribution in [0.1, 0.15) is 16.7 Å². The van der Waals surface area contributed by atoms with Crippen LogP contribution in [0.2, 0.25) is 5.02 Å². The Labute approximate surface area is 140 Å². The van der Waals surface area contributed by atoms with Crippen LogP contribution in [0.15, 0.2) is 60.0 Å². The quantitative estimate of drug-likeness (QED) is 0.702. The lowest BCUT2D eigenvalue weighted by Crippen LogP contribution is -1.96. The molecule has 0 amide bonds. The molecule has 0 aliphatic heterocycles. The molecule has 2 aromatic rings. The van der Waals surface area contributed by atoms with Crippen LogP contribution >= 0.6 is 23.4 Å². The molecule has 2 aromatic carbocycles. The topological polar surface area (TPSA) is 33.0 Å². The first-order chi connectivity index (χ1) is 10.7. The van der Waals surface area contributed by atoms with E-state index in [1.165, 1.54) is 5.56 Å². The highest BCUT2D eigenvalue weighted by atomic mass is 35.5. The van der Waals surface area contributed by atoms with Gasteiger partial charge in [0.15, 0.2) is 0 Å². The molecular weight excluding hydrogens is 314 g/mol.